The minimum atomic E-state index is 0.586. The normalized spacial score (nSPS) is 10.7. The van der Waals surface area contributed by atoms with Gasteiger partial charge in [-0.05, 0) is 44.0 Å². The Hall–Kier alpha value is -1.68. The lowest BCUT2D eigenvalue weighted by Crippen LogP contribution is -2.03. The lowest BCUT2D eigenvalue weighted by molar-refractivity contribution is 0.408. The Kier molecular flexibility index (Phi) is 4.00. The Balaban J connectivity index is 2.37. The Morgan fingerprint density at radius 3 is 2.74 bits per heavy atom. The molecule has 0 fully saturated rings. The van der Waals surface area contributed by atoms with Gasteiger partial charge in [0.05, 0.1) is 5.69 Å². The third-order valence-corrected chi connectivity index (χ3v) is 3.14. The van der Waals surface area contributed by atoms with Gasteiger partial charge in [0.1, 0.15) is 11.4 Å². The fourth-order valence-corrected chi connectivity index (χ4v) is 2.10. The highest BCUT2D eigenvalue weighted by Gasteiger charge is 2.15. The molecule has 5 heteroatoms. The smallest absolute Gasteiger partial charge is 0.241 e. The predicted molar refractivity (Wildman–Crippen MR) is 77.9 cm³/mol. The van der Waals surface area contributed by atoms with E-state index in [1.165, 1.54) is 0 Å². The number of hydrogen-bond donors (Lipinski definition) is 1. The molecule has 2 rings (SSSR count). The third-order valence-electron chi connectivity index (χ3n) is 2.90. The average Bonchev–Trinajstić information content (AvgIpc) is 2.61. The van der Waals surface area contributed by atoms with E-state index in [2.05, 4.69) is 12.0 Å². The molecule has 0 amide bonds. The van der Waals surface area contributed by atoms with Crippen LogP contribution in [0.5, 0.6) is 11.6 Å². The number of hydrogen-bond acceptors (Lipinski definition) is 3. The molecule has 2 N–H and O–H groups in total. The van der Waals surface area contributed by atoms with Crippen molar-refractivity contribution in [3.05, 3.63) is 34.5 Å². The van der Waals surface area contributed by atoms with E-state index in [-0.39, 0.29) is 0 Å². The van der Waals surface area contributed by atoms with Crippen LogP contribution in [0.3, 0.4) is 0 Å². The van der Waals surface area contributed by atoms with Crippen LogP contribution in [-0.4, -0.2) is 9.78 Å². The number of ether oxygens (including phenoxy) is 1. The highest BCUT2D eigenvalue weighted by molar-refractivity contribution is 6.30. The van der Waals surface area contributed by atoms with Gasteiger partial charge in [-0.2, -0.15) is 5.10 Å². The maximum Gasteiger partial charge on any atom is 0.241 e. The molecule has 0 saturated carbocycles. The Morgan fingerprint density at radius 1 is 1.37 bits per heavy atom. The summed E-state index contributed by atoms with van der Waals surface area (Å²) in [5, 5.41) is 5.07. The van der Waals surface area contributed by atoms with Crippen LogP contribution in [0.15, 0.2) is 18.2 Å². The monoisotopic (exact) mass is 279 g/mol. The van der Waals surface area contributed by atoms with Crippen molar-refractivity contribution >= 4 is 17.3 Å². The molecule has 0 aliphatic rings. The van der Waals surface area contributed by atoms with E-state index < -0.39 is 0 Å². The molecule has 102 valence electrons. The van der Waals surface area contributed by atoms with Gasteiger partial charge in [-0.15, -0.1) is 0 Å². The lowest BCUT2D eigenvalue weighted by atomic mass is 10.2. The SMILES string of the molecule is CCCn1nc(C)c(N)c1Oc1ccc(Cl)cc1C. The highest BCUT2D eigenvalue weighted by atomic mass is 35.5. The fraction of sp³-hybridized carbons (Fsp3) is 0.357. The summed E-state index contributed by atoms with van der Waals surface area (Å²) in [4.78, 5) is 0. The van der Waals surface area contributed by atoms with Crippen molar-refractivity contribution in [1.82, 2.24) is 9.78 Å². The Morgan fingerprint density at radius 2 is 2.11 bits per heavy atom. The van der Waals surface area contributed by atoms with Crippen LogP contribution in [0.2, 0.25) is 5.02 Å². The van der Waals surface area contributed by atoms with Crippen molar-refractivity contribution in [3.63, 3.8) is 0 Å². The minimum absolute atomic E-state index is 0.586. The number of nitrogens with zero attached hydrogens (tertiary/aromatic N) is 2. The van der Waals surface area contributed by atoms with Crippen molar-refractivity contribution in [2.24, 2.45) is 0 Å². The number of aromatic nitrogens is 2. The van der Waals surface area contributed by atoms with Gasteiger partial charge in [0.15, 0.2) is 0 Å². The number of rotatable bonds is 4. The molecule has 0 bridgehead atoms. The van der Waals surface area contributed by atoms with Crippen LogP contribution in [0.4, 0.5) is 5.69 Å². The summed E-state index contributed by atoms with van der Waals surface area (Å²) in [6.45, 7) is 6.69. The van der Waals surface area contributed by atoms with Gasteiger partial charge in [-0.25, -0.2) is 4.68 Å². The Labute approximate surface area is 118 Å². The number of aryl methyl sites for hydroxylation is 3. The van der Waals surface area contributed by atoms with E-state index in [1.54, 1.807) is 10.7 Å². The minimum Gasteiger partial charge on any atom is -0.437 e. The van der Waals surface area contributed by atoms with Crippen molar-refractivity contribution in [2.75, 3.05) is 5.73 Å². The van der Waals surface area contributed by atoms with Gasteiger partial charge in [-0.3, -0.25) is 0 Å². The highest BCUT2D eigenvalue weighted by Crippen LogP contribution is 2.32. The summed E-state index contributed by atoms with van der Waals surface area (Å²) >= 11 is 5.94. The second kappa shape index (κ2) is 5.53. The summed E-state index contributed by atoms with van der Waals surface area (Å²) in [6.07, 6.45) is 0.969. The van der Waals surface area contributed by atoms with Crippen molar-refractivity contribution in [2.45, 2.75) is 33.7 Å². The van der Waals surface area contributed by atoms with Crippen LogP contribution >= 0.6 is 11.6 Å². The summed E-state index contributed by atoms with van der Waals surface area (Å²) in [6, 6.07) is 5.50. The molecule has 0 aliphatic carbocycles. The van der Waals surface area contributed by atoms with Crippen molar-refractivity contribution in [1.29, 1.82) is 0 Å². The molecule has 0 atom stereocenters. The summed E-state index contributed by atoms with van der Waals surface area (Å²) in [5.41, 5.74) is 8.37. The van der Waals surface area contributed by atoms with E-state index in [4.69, 9.17) is 22.1 Å². The number of nitrogen functional groups attached to an aromatic ring is 1. The molecule has 1 aromatic heterocycles. The molecule has 4 nitrogen and oxygen atoms in total. The first-order valence-electron chi connectivity index (χ1n) is 6.29. The summed E-state index contributed by atoms with van der Waals surface area (Å²) in [7, 11) is 0. The molecule has 1 aromatic carbocycles. The number of anilines is 1. The first-order valence-corrected chi connectivity index (χ1v) is 6.67. The van der Waals surface area contributed by atoms with Crippen LogP contribution in [0.25, 0.3) is 0 Å². The summed E-state index contributed by atoms with van der Waals surface area (Å²) < 4.78 is 7.72. The molecule has 0 saturated heterocycles. The van der Waals surface area contributed by atoms with Gasteiger partial charge in [0, 0.05) is 11.6 Å². The van der Waals surface area contributed by atoms with Crippen LogP contribution in [-0.2, 0) is 6.54 Å². The van der Waals surface area contributed by atoms with Crippen LogP contribution < -0.4 is 10.5 Å². The van der Waals surface area contributed by atoms with E-state index >= 15 is 0 Å². The molecule has 19 heavy (non-hydrogen) atoms. The second-order valence-corrected chi connectivity index (χ2v) is 4.98. The standard InChI is InChI=1S/C14H18ClN3O/c1-4-7-18-14(13(16)10(3)17-18)19-12-6-5-11(15)8-9(12)2/h5-6,8H,4,7,16H2,1-3H3. The number of nitrogens with two attached hydrogens (primary N) is 1. The predicted octanol–water partition coefficient (Wildman–Crippen LogP) is 3.94. The molecule has 2 aromatic rings. The van der Waals surface area contributed by atoms with Crippen LogP contribution in [0.1, 0.15) is 24.6 Å². The Bertz CT molecular complexity index is 593. The number of benzene rings is 1. The van der Waals surface area contributed by atoms with E-state index in [1.807, 2.05) is 26.0 Å². The number of halogens is 1. The maximum absolute atomic E-state index is 6.03. The largest absolute Gasteiger partial charge is 0.437 e. The summed E-state index contributed by atoms with van der Waals surface area (Å²) in [5.74, 6) is 1.35. The molecule has 1 heterocycles. The molecule has 0 radical (unpaired) electrons. The van der Waals surface area contributed by atoms with E-state index in [0.717, 1.165) is 30.0 Å². The van der Waals surface area contributed by atoms with Crippen molar-refractivity contribution in [3.8, 4) is 11.6 Å². The zero-order valence-electron chi connectivity index (χ0n) is 11.4. The van der Waals surface area contributed by atoms with Gasteiger partial charge in [-0.1, -0.05) is 18.5 Å². The quantitative estimate of drug-likeness (QED) is 0.922. The molecule has 0 aliphatic heterocycles. The molecule has 0 spiro atoms. The molecular weight excluding hydrogens is 262 g/mol. The van der Waals surface area contributed by atoms with Gasteiger partial charge in [0.25, 0.3) is 0 Å². The molecular formula is C14H18ClN3O. The first-order chi connectivity index (χ1) is 9.02. The van der Waals surface area contributed by atoms with E-state index in [9.17, 15) is 0 Å². The average molecular weight is 280 g/mol. The lowest BCUT2D eigenvalue weighted by Gasteiger charge is -2.11. The second-order valence-electron chi connectivity index (χ2n) is 4.54. The van der Waals surface area contributed by atoms with Gasteiger partial charge in [0.2, 0.25) is 5.88 Å². The zero-order valence-corrected chi connectivity index (χ0v) is 12.2. The first kappa shape index (κ1) is 13.7. The molecule has 0 unspecified atom stereocenters. The van der Waals surface area contributed by atoms with Gasteiger partial charge < -0.3 is 10.5 Å². The topological polar surface area (TPSA) is 53.1 Å². The maximum atomic E-state index is 6.03. The van der Waals surface area contributed by atoms with Crippen molar-refractivity contribution < 1.29 is 4.74 Å². The van der Waals surface area contributed by atoms with Gasteiger partial charge >= 0.3 is 0 Å². The fourth-order valence-electron chi connectivity index (χ4n) is 1.88. The van der Waals surface area contributed by atoms with E-state index in [0.29, 0.717) is 16.6 Å². The zero-order chi connectivity index (χ0) is 14.0. The van der Waals surface area contributed by atoms with Crippen LogP contribution in [0, 0.1) is 13.8 Å². The third kappa shape index (κ3) is 2.84.